The molecule has 0 spiro atoms. The van der Waals surface area contributed by atoms with Crippen molar-refractivity contribution in [2.24, 2.45) is 0 Å². The van der Waals surface area contributed by atoms with E-state index in [1.165, 1.54) is 20.1 Å². The molecule has 2 rings (SSSR count). The maximum Gasteiger partial charge on any atom is 0.247 e. The number of ether oxygens (including phenoxy) is 1. The molecule has 0 aliphatic heterocycles. The van der Waals surface area contributed by atoms with Gasteiger partial charge in [-0.1, -0.05) is 23.7 Å². The maximum atomic E-state index is 12.6. The number of hydrogen-bond acceptors (Lipinski definition) is 4. The molecule has 2 aromatic carbocycles. The van der Waals surface area contributed by atoms with Gasteiger partial charge in [0.1, 0.15) is 11.8 Å². The lowest BCUT2D eigenvalue weighted by atomic mass is 10.2. The van der Waals surface area contributed by atoms with Crippen LogP contribution in [0.15, 0.2) is 48.5 Å². The molecule has 134 valence electrons. The number of methoxy groups -OCH3 is 1. The van der Waals surface area contributed by atoms with Gasteiger partial charge in [0, 0.05) is 16.8 Å². The zero-order valence-electron chi connectivity index (χ0n) is 14.1. The number of hydrogen-bond donors (Lipinski definition) is 1. The van der Waals surface area contributed by atoms with Crippen molar-refractivity contribution in [2.75, 3.05) is 23.0 Å². The van der Waals surface area contributed by atoms with E-state index in [0.717, 1.165) is 10.6 Å². The number of halogens is 1. The first-order chi connectivity index (χ1) is 11.7. The van der Waals surface area contributed by atoms with Crippen molar-refractivity contribution in [1.29, 1.82) is 0 Å². The first-order valence-electron chi connectivity index (χ1n) is 7.42. The number of rotatable bonds is 6. The Morgan fingerprint density at radius 1 is 1.20 bits per heavy atom. The monoisotopic (exact) mass is 382 g/mol. The summed E-state index contributed by atoms with van der Waals surface area (Å²) in [6.45, 7) is 1.51. The second-order valence-corrected chi connectivity index (χ2v) is 7.73. The molecule has 0 radical (unpaired) electrons. The predicted octanol–water partition coefficient (Wildman–Crippen LogP) is 3.14. The van der Waals surface area contributed by atoms with Gasteiger partial charge in [0.15, 0.2) is 0 Å². The van der Waals surface area contributed by atoms with Gasteiger partial charge in [-0.2, -0.15) is 0 Å². The van der Waals surface area contributed by atoms with E-state index >= 15 is 0 Å². The van der Waals surface area contributed by atoms with Crippen LogP contribution in [0.2, 0.25) is 5.02 Å². The summed E-state index contributed by atoms with van der Waals surface area (Å²) in [4.78, 5) is 12.6. The Hall–Kier alpha value is -2.25. The van der Waals surface area contributed by atoms with Crippen LogP contribution >= 0.6 is 11.6 Å². The van der Waals surface area contributed by atoms with Gasteiger partial charge in [-0.05, 0) is 37.3 Å². The largest absolute Gasteiger partial charge is 0.497 e. The molecule has 0 heterocycles. The third kappa shape index (κ3) is 4.87. The molecule has 0 fully saturated rings. The van der Waals surface area contributed by atoms with Gasteiger partial charge in [-0.25, -0.2) is 8.42 Å². The fraction of sp³-hybridized carbons (Fsp3) is 0.235. The van der Waals surface area contributed by atoms with E-state index in [0.29, 0.717) is 22.1 Å². The van der Waals surface area contributed by atoms with Crippen molar-refractivity contribution >= 4 is 38.9 Å². The number of carbonyl (C=O) groups is 1. The molecule has 0 aliphatic rings. The van der Waals surface area contributed by atoms with Crippen LogP contribution < -0.4 is 14.4 Å². The summed E-state index contributed by atoms with van der Waals surface area (Å²) in [7, 11) is -2.17. The van der Waals surface area contributed by atoms with Crippen LogP contribution in [0.5, 0.6) is 5.75 Å². The van der Waals surface area contributed by atoms with Crippen molar-refractivity contribution in [1.82, 2.24) is 0 Å². The summed E-state index contributed by atoms with van der Waals surface area (Å²) in [5.74, 6) is 0.110. The first-order valence-corrected chi connectivity index (χ1v) is 9.65. The van der Waals surface area contributed by atoms with E-state index in [-0.39, 0.29) is 0 Å². The molecular formula is C17H19ClN2O4S. The number of nitrogens with zero attached hydrogens (tertiary/aromatic N) is 1. The molecule has 25 heavy (non-hydrogen) atoms. The lowest BCUT2D eigenvalue weighted by molar-refractivity contribution is -0.116. The lowest BCUT2D eigenvalue weighted by Crippen LogP contribution is -2.45. The van der Waals surface area contributed by atoms with E-state index in [4.69, 9.17) is 16.3 Å². The quantitative estimate of drug-likeness (QED) is 0.832. The van der Waals surface area contributed by atoms with Gasteiger partial charge in [0.25, 0.3) is 0 Å². The molecule has 8 heteroatoms. The van der Waals surface area contributed by atoms with Crippen molar-refractivity contribution in [3.63, 3.8) is 0 Å². The Morgan fingerprint density at radius 2 is 1.88 bits per heavy atom. The second-order valence-electron chi connectivity index (χ2n) is 5.44. The van der Waals surface area contributed by atoms with Gasteiger partial charge >= 0.3 is 0 Å². The van der Waals surface area contributed by atoms with Crippen molar-refractivity contribution in [2.45, 2.75) is 13.0 Å². The van der Waals surface area contributed by atoms with Crippen LogP contribution in [0.3, 0.4) is 0 Å². The lowest BCUT2D eigenvalue weighted by Gasteiger charge is -2.28. The van der Waals surface area contributed by atoms with Crippen molar-refractivity contribution < 1.29 is 17.9 Å². The summed E-state index contributed by atoms with van der Waals surface area (Å²) in [5.41, 5.74) is 0.832. The van der Waals surface area contributed by atoms with Gasteiger partial charge in [0.2, 0.25) is 15.9 Å². The number of carbonyl (C=O) groups excluding carboxylic acids is 1. The highest BCUT2D eigenvalue weighted by Gasteiger charge is 2.29. The molecule has 0 aliphatic carbocycles. The smallest absolute Gasteiger partial charge is 0.247 e. The predicted molar refractivity (Wildman–Crippen MR) is 99.9 cm³/mol. The number of amides is 1. The van der Waals surface area contributed by atoms with Crippen LogP contribution in [-0.2, 0) is 14.8 Å². The Morgan fingerprint density at radius 3 is 2.48 bits per heavy atom. The molecule has 1 N–H and O–H groups in total. The van der Waals surface area contributed by atoms with E-state index in [9.17, 15) is 13.2 Å². The number of anilines is 2. The molecule has 1 amide bonds. The summed E-state index contributed by atoms with van der Waals surface area (Å²) < 4.78 is 30.6. The number of benzene rings is 2. The van der Waals surface area contributed by atoms with E-state index < -0.39 is 22.0 Å². The zero-order valence-corrected chi connectivity index (χ0v) is 15.6. The topological polar surface area (TPSA) is 75.7 Å². The summed E-state index contributed by atoms with van der Waals surface area (Å²) in [6.07, 6.45) is 1.04. The van der Waals surface area contributed by atoms with Gasteiger partial charge < -0.3 is 10.1 Å². The van der Waals surface area contributed by atoms with Gasteiger partial charge in [-0.15, -0.1) is 0 Å². The Kier molecular flexibility index (Phi) is 5.92. The fourth-order valence-corrected chi connectivity index (χ4v) is 3.72. The number of sulfonamides is 1. The molecule has 2 aromatic rings. The second kappa shape index (κ2) is 7.76. The highest BCUT2D eigenvalue weighted by Crippen LogP contribution is 2.25. The maximum absolute atomic E-state index is 12.6. The summed E-state index contributed by atoms with van der Waals surface area (Å²) in [6, 6.07) is 12.2. The van der Waals surface area contributed by atoms with Gasteiger partial charge in [-0.3, -0.25) is 9.10 Å². The standard InChI is InChI=1S/C17H19ClN2O4S/c1-12(17(21)19-14-7-5-9-16(11-14)24-2)20(25(3,22)23)15-8-4-6-13(18)10-15/h4-12H,1-3H3,(H,19,21)/t12-/m0/s1. The Labute approximate surface area is 152 Å². The normalized spacial score (nSPS) is 12.3. The molecule has 0 saturated heterocycles. The molecule has 0 aromatic heterocycles. The third-order valence-corrected chi connectivity index (χ3v) is 4.97. The Bertz CT molecular complexity index is 870. The minimum Gasteiger partial charge on any atom is -0.497 e. The Balaban J connectivity index is 2.30. The SMILES string of the molecule is COc1cccc(NC(=O)[C@H](C)N(c2cccc(Cl)c2)S(C)(=O)=O)c1. The molecule has 1 atom stereocenters. The minimum atomic E-state index is -3.69. The van der Waals surface area contributed by atoms with Gasteiger partial charge in [0.05, 0.1) is 19.1 Å². The highest BCUT2D eigenvalue weighted by atomic mass is 35.5. The summed E-state index contributed by atoms with van der Waals surface area (Å²) in [5, 5.41) is 3.08. The molecule has 6 nitrogen and oxygen atoms in total. The highest BCUT2D eigenvalue weighted by molar-refractivity contribution is 7.92. The average molecular weight is 383 g/mol. The van der Waals surface area contributed by atoms with Crippen LogP contribution in [0.1, 0.15) is 6.92 Å². The average Bonchev–Trinajstić information content (AvgIpc) is 2.53. The molecular weight excluding hydrogens is 364 g/mol. The van der Waals surface area contributed by atoms with Crippen LogP contribution in [0.25, 0.3) is 0 Å². The number of nitrogens with one attached hydrogen (secondary N) is 1. The zero-order chi connectivity index (χ0) is 18.6. The van der Waals surface area contributed by atoms with Crippen LogP contribution in [0, 0.1) is 0 Å². The molecule has 0 bridgehead atoms. The van der Waals surface area contributed by atoms with E-state index in [1.807, 2.05) is 0 Å². The summed E-state index contributed by atoms with van der Waals surface area (Å²) >= 11 is 5.95. The van der Waals surface area contributed by atoms with Crippen LogP contribution in [0.4, 0.5) is 11.4 Å². The first kappa shape index (κ1) is 19.1. The fourth-order valence-electron chi connectivity index (χ4n) is 2.37. The van der Waals surface area contributed by atoms with Crippen molar-refractivity contribution in [3.8, 4) is 5.75 Å². The molecule has 0 unspecified atom stereocenters. The van der Waals surface area contributed by atoms with Crippen LogP contribution in [-0.4, -0.2) is 33.7 Å². The third-order valence-electron chi connectivity index (χ3n) is 3.49. The minimum absolute atomic E-state index is 0.322. The molecule has 0 saturated carbocycles. The van der Waals surface area contributed by atoms with E-state index in [1.54, 1.807) is 42.5 Å². The van der Waals surface area contributed by atoms with E-state index in [2.05, 4.69) is 5.32 Å². The van der Waals surface area contributed by atoms with Crippen molar-refractivity contribution in [3.05, 3.63) is 53.6 Å².